The van der Waals surface area contributed by atoms with Crippen LogP contribution in [0.4, 0.5) is 11.5 Å². The highest BCUT2D eigenvalue weighted by atomic mass is 16.5. The molecule has 6 nitrogen and oxygen atoms in total. The molecule has 1 amide bonds. The summed E-state index contributed by atoms with van der Waals surface area (Å²) in [6, 6.07) is 15.3. The molecule has 0 unspecified atom stereocenters. The molecule has 26 heavy (non-hydrogen) atoms. The number of anilines is 2. The number of carbonyl (C=O) groups is 1. The molecule has 2 N–H and O–H groups in total. The number of aromatic nitrogens is 2. The predicted octanol–water partition coefficient (Wildman–Crippen LogP) is 3.66. The van der Waals surface area contributed by atoms with E-state index in [0.29, 0.717) is 12.4 Å². The van der Waals surface area contributed by atoms with Crippen molar-refractivity contribution in [2.75, 3.05) is 17.7 Å². The quantitative estimate of drug-likeness (QED) is 0.711. The molecule has 6 heteroatoms. The van der Waals surface area contributed by atoms with Crippen LogP contribution in [-0.2, 0) is 6.54 Å². The van der Waals surface area contributed by atoms with Crippen LogP contribution in [0.5, 0.6) is 5.75 Å². The number of rotatable bonds is 6. The van der Waals surface area contributed by atoms with Crippen LogP contribution in [0.1, 0.15) is 21.6 Å². The molecular weight excluding hydrogens is 328 g/mol. The van der Waals surface area contributed by atoms with E-state index in [0.717, 1.165) is 22.6 Å². The lowest BCUT2D eigenvalue weighted by Crippen LogP contribution is -2.14. The fraction of sp³-hybridized carbons (Fsp3) is 0.150. The molecule has 3 rings (SSSR count). The SMILES string of the molecule is COc1ccc(CNc2cnc(C(=O)Nc3ccc(C)cc3)cn2)cc1. The summed E-state index contributed by atoms with van der Waals surface area (Å²) >= 11 is 0. The maximum atomic E-state index is 12.2. The molecule has 1 heterocycles. The first-order valence-electron chi connectivity index (χ1n) is 8.21. The van der Waals surface area contributed by atoms with Crippen LogP contribution in [0, 0.1) is 6.92 Å². The number of hydrogen-bond acceptors (Lipinski definition) is 5. The first kappa shape index (κ1) is 17.4. The Morgan fingerprint density at radius 2 is 1.73 bits per heavy atom. The Labute approximate surface area is 152 Å². The normalized spacial score (nSPS) is 10.2. The summed E-state index contributed by atoms with van der Waals surface area (Å²) in [4.78, 5) is 20.6. The third-order valence-electron chi connectivity index (χ3n) is 3.83. The van der Waals surface area contributed by atoms with E-state index in [4.69, 9.17) is 4.74 Å². The summed E-state index contributed by atoms with van der Waals surface area (Å²) < 4.78 is 5.14. The summed E-state index contributed by atoms with van der Waals surface area (Å²) in [5.41, 5.74) is 3.22. The van der Waals surface area contributed by atoms with Gasteiger partial charge in [-0.3, -0.25) is 4.79 Å². The Bertz CT molecular complexity index is 860. The Kier molecular flexibility index (Phi) is 5.43. The van der Waals surface area contributed by atoms with E-state index in [2.05, 4.69) is 20.6 Å². The van der Waals surface area contributed by atoms with Gasteiger partial charge in [0.1, 0.15) is 17.3 Å². The Balaban J connectivity index is 1.56. The summed E-state index contributed by atoms with van der Waals surface area (Å²) in [5, 5.41) is 5.97. The second kappa shape index (κ2) is 8.11. The molecule has 0 radical (unpaired) electrons. The monoisotopic (exact) mass is 348 g/mol. The van der Waals surface area contributed by atoms with Gasteiger partial charge in [0.15, 0.2) is 0 Å². The van der Waals surface area contributed by atoms with Crippen molar-refractivity contribution in [3.8, 4) is 5.75 Å². The van der Waals surface area contributed by atoms with Crippen LogP contribution in [0.2, 0.25) is 0 Å². The van der Waals surface area contributed by atoms with Gasteiger partial charge in [0.25, 0.3) is 5.91 Å². The second-order valence-electron chi connectivity index (χ2n) is 5.81. The zero-order chi connectivity index (χ0) is 18.4. The lowest BCUT2D eigenvalue weighted by Gasteiger charge is -2.08. The van der Waals surface area contributed by atoms with Crippen LogP contribution in [0.3, 0.4) is 0 Å². The molecule has 0 aliphatic heterocycles. The van der Waals surface area contributed by atoms with E-state index in [1.165, 1.54) is 6.20 Å². The van der Waals surface area contributed by atoms with Gasteiger partial charge >= 0.3 is 0 Å². The van der Waals surface area contributed by atoms with E-state index in [1.54, 1.807) is 13.3 Å². The largest absolute Gasteiger partial charge is 0.497 e. The molecule has 0 aliphatic carbocycles. The number of ether oxygens (including phenoxy) is 1. The van der Waals surface area contributed by atoms with Crippen LogP contribution >= 0.6 is 0 Å². The Morgan fingerprint density at radius 1 is 1.00 bits per heavy atom. The van der Waals surface area contributed by atoms with E-state index in [-0.39, 0.29) is 11.6 Å². The lowest BCUT2D eigenvalue weighted by molar-refractivity contribution is 0.102. The van der Waals surface area contributed by atoms with Crippen molar-refractivity contribution in [1.82, 2.24) is 9.97 Å². The van der Waals surface area contributed by atoms with Crippen LogP contribution < -0.4 is 15.4 Å². The topological polar surface area (TPSA) is 76.1 Å². The Hall–Kier alpha value is -3.41. The highest BCUT2D eigenvalue weighted by Crippen LogP contribution is 2.13. The molecule has 2 aromatic carbocycles. The van der Waals surface area contributed by atoms with Crippen molar-refractivity contribution in [2.24, 2.45) is 0 Å². The van der Waals surface area contributed by atoms with Gasteiger partial charge in [-0.2, -0.15) is 0 Å². The number of methoxy groups -OCH3 is 1. The first-order valence-corrected chi connectivity index (χ1v) is 8.21. The van der Waals surface area contributed by atoms with E-state index in [9.17, 15) is 4.79 Å². The number of benzene rings is 2. The molecule has 0 bridgehead atoms. The molecule has 0 fully saturated rings. The van der Waals surface area contributed by atoms with Crippen molar-refractivity contribution < 1.29 is 9.53 Å². The smallest absolute Gasteiger partial charge is 0.275 e. The standard InChI is InChI=1S/C20H20N4O2/c1-14-3-7-16(8-4-14)24-20(25)18-12-23-19(13-21-18)22-11-15-5-9-17(26-2)10-6-15/h3-10,12-13H,11H2,1-2H3,(H,22,23)(H,24,25). The van der Waals surface area contributed by atoms with Crippen LogP contribution in [0.25, 0.3) is 0 Å². The average Bonchev–Trinajstić information content (AvgIpc) is 2.69. The van der Waals surface area contributed by atoms with Gasteiger partial charge < -0.3 is 15.4 Å². The molecule has 0 aliphatic rings. The van der Waals surface area contributed by atoms with Crippen molar-refractivity contribution in [3.05, 3.63) is 77.7 Å². The van der Waals surface area contributed by atoms with Crippen LogP contribution in [-0.4, -0.2) is 23.0 Å². The minimum atomic E-state index is -0.289. The van der Waals surface area contributed by atoms with Gasteiger partial charge in [-0.15, -0.1) is 0 Å². The molecular formula is C20H20N4O2. The number of nitrogens with one attached hydrogen (secondary N) is 2. The third kappa shape index (κ3) is 4.57. The number of amides is 1. The van der Waals surface area contributed by atoms with Crippen molar-refractivity contribution in [1.29, 1.82) is 0 Å². The molecule has 0 saturated heterocycles. The maximum absolute atomic E-state index is 12.2. The Morgan fingerprint density at radius 3 is 2.35 bits per heavy atom. The van der Waals surface area contributed by atoms with Gasteiger partial charge in [-0.1, -0.05) is 29.8 Å². The molecule has 0 saturated carbocycles. The number of nitrogens with zero attached hydrogens (tertiary/aromatic N) is 2. The van der Waals surface area contributed by atoms with Gasteiger partial charge in [0, 0.05) is 12.2 Å². The summed E-state index contributed by atoms with van der Waals surface area (Å²) in [6.07, 6.45) is 3.01. The zero-order valence-electron chi connectivity index (χ0n) is 14.7. The summed E-state index contributed by atoms with van der Waals surface area (Å²) in [6.45, 7) is 2.60. The van der Waals surface area contributed by atoms with Gasteiger partial charge in [-0.05, 0) is 36.8 Å². The molecule has 1 aromatic heterocycles. The van der Waals surface area contributed by atoms with Crippen molar-refractivity contribution in [3.63, 3.8) is 0 Å². The fourth-order valence-corrected chi connectivity index (χ4v) is 2.30. The molecule has 0 atom stereocenters. The number of aryl methyl sites for hydroxylation is 1. The third-order valence-corrected chi connectivity index (χ3v) is 3.83. The minimum absolute atomic E-state index is 0.264. The second-order valence-corrected chi connectivity index (χ2v) is 5.81. The molecule has 0 spiro atoms. The van der Waals surface area contributed by atoms with Crippen molar-refractivity contribution >= 4 is 17.4 Å². The van der Waals surface area contributed by atoms with Gasteiger partial charge in [0.2, 0.25) is 0 Å². The number of hydrogen-bond donors (Lipinski definition) is 2. The van der Waals surface area contributed by atoms with Crippen molar-refractivity contribution in [2.45, 2.75) is 13.5 Å². The fourth-order valence-electron chi connectivity index (χ4n) is 2.30. The van der Waals surface area contributed by atoms with Gasteiger partial charge in [0.05, 0.1) is 19.5 Å². The average molecular weight is 348 g/mol. The molecule has 3 aromatic rings. The summed E-state index contributed by atoms with van der Waals surface area (Å²) in [5.74, 6) is 1.13. The number of carbonyl (C=O) groups excluding carboxylic acids is 1. The molecule has 132 valence electrons. The maximum Gasteiger partial charge on any atom is 0.275 e. The van der Waals surface area contributed by atoms with E-state index >= 15 is 0 Å². The summed E-state index contributed by atoms with van der Waals surface area (Å²) in [7, 11) is 1.64. The zero-order valence-corrected chi connectivity index (χ0v) is 14.7. The van der Waals surface area contributed by atoms with E-state index in [1.807, 2.05) is 55.5 Å². The van der Waals surface area contributed by atoms with E-state index < -0.39 is 0 Å². The highest BCUT2D eigenvalue weighted by molar-refractivity contribution is 6.02. The first-order chi connectivity index (χ1) is 12.6. The van der Waals surface area contributed by atoms with Crippen LogP contribution in [0.15, 0.2) is 60.9 Å². The predicted molar refractivity (Wildman–Crippen MR) is 101 cm³/mol. The van der Waals surface area contributed by atoms with Gasteiger partial charge in [-0.25, -0.2) is 9.97 Å². The lowest BCUT2D eigenvalue weighted by atomic mass is 10.2. The minimum Gasteiger partial charge on any atom is -0.497 e. The highest BCUT2D eigenvalue weighted by Gasteiger charge is 2.08.